The highest BCUT2D eigenvalue weighted by Crippen LogP contribution is 2.44. The molecule has 0 saturated carbocycles. The number of hydrogen-bond donors (Lipinski definition) is 2. The highest BCUT2D eigenvalue weighted by atomic mass is 16.7. The van der Waals surface area contributed by atoms with Gasteiger partial charge in [0.25, 0.3) is 0 Å². The highest BCUT2D eigenvalue weighted by Gasteiger charge is 2.29. The minimum atomic E-state index is -1.19. The van der Waals surface area contributed by atoms with Crippen LogP contribution in [0.1, 0.15) is 29.9 Å². The second kappa shape index (κ2) is 8.01. The summed E-state index contributed by atoms with van der Waals surface area (Å²) in [5.41, 5.74) is 9.76. The Kier molecular flexibility index (Phi) is 5.52. The molecule has 0 bridgehead atoms. The van der Waals surface area contributed by atoms with Crippen molar-refractivity contribution in [2.75, 3.05) is 6.61 Å². The zero-order valence-corrected chi connectivity index (χ0v) is 14.5. The van der Waals surface area contributed by atoms with Crippen LogP contribution in [0.25, 0.3) is 11.1 Å². The number of carbonyl (C=O) groups is 3. The predicted octanol–water partition coefficient (Wildman–Crippen LogP) is 2.67. The number of esters is 1. The Labute approximate surface area is 155 Å². The number of nitrogens with two attached hydrogens (primary N) is 1. The van der Waals surface area contributed by atoms with Crippen LogP contribution in [-0.4, -0.2) is 35.8 Å². The number of carboxylic acids is 1. The zero-order valence-electron chi connectivity index (χ0n) is 14.5. The number of hydrogen-bond acceptors (Lipinski definition) is 6. The van der Waals surface area contributed by atoms with Gasteiger partial charge in [0.2, 0.25) is 0 Å². The van der Waals surface area contributed by atoms with Gasteiger partial charge in [-0.15, -0.1) is 0 Å². The van der Waals surface area contributed by atoms with E-state index in [0.29, 0.717) is 0 Å². The second-order valence-electron chi connectivity index (χ2n) is 6.25. The third kappa shape index (κ3) is 4.15. The Hall–Kier alpha value is -3.19. The van der Waals surface area contributed by atoms with Crippen LogP contribution in [0.5, 0.6) is 0 Å². The van der Waals surface area contributed by atoms with Crippen molar-refractivity contribution in [2.45, 2.75) is 24.8 Å². The monoisotopic (exact) mass is 369 g/mol. The summed E-state index contributed by atoms with van der Waals surface area (Å²) >= 11 is 0. The molecule has 0 saturated heterocycles. The topological polar surface area (TPSA) is 116 Å². The molecule has 27 heavy (non-hydrogen) atoms. The molecule has 1 aliphatic carbocycles. The first-order valence-corrected chi connectivity index (χ1v) is 8.51. The summed E-state index contributed by atoms with van der Waals surface area (Å²) < 4.78 is 9.69. The quantitative estimate of drug-likeness (QED) is 0.594. The molecule has 1 aliphatic rings. The predicted molar refractivity (Wildman–Crippen MR) is 96.0 cm³/mol. The summed E-state index contributed by atoms with van der Waals surface area (Å²) in [6.07, 6.45) is -1.56. The molecule has 140 valence electrons. The minimum absolute atomic E-state index is 0.0184. The third-order valence-corrected chi connectivity index (χ3v) is 4.49. The van der Waals surface area contributed by atoms with Crippen molar-refractivity contribution in [3.8, 4) is 11.1 Å². The fraction of sp³-hybridized carbons (Fsp3) is 0.250. The van der Waals surface area contributed by atoms with Gasteiger partial charge in [0, 0.05) is 12.3 Å². The molecule has 1 atom stereocenters. The molecular formula is C20H19NO6. The van der Waals surface area contributed by atoms with Crippen molar-refractivity contribution >= 4 is 18.1 Å². The fourth-order valence-corrected chi connectivity index (χ4v) is 3.17. The maximum atomic E-state index is 11.8. The first-order chi connectivity index (χ1) is 13.0. The Morgan fingerprint density at radius 2 is 1.56 bits per heavy atom. The normalized spacial score (nSPS) is 13.4. The van der Waals surface area contributed by atoms with Gasteiger partial charge in [-0.25, -0.2) is 9.59 Å². The van der Waals surface area contributed by atoms with Gasteiger partial charge >= 0.3 is 18.1 Å². The zero-order chi connectivity index (χ0) is 19.4. The molecule has 7 heteroatoms. The van der Waals surface area contributed by atoms with E-state index in [1.807, 2.05) is 48.5 Å². The van der Waals surface area contributed by atoms with E-state index in [4.69, 9.17) is 15.6 Å². The average Bonchev–Trinajstić information content (AvgIpc) is 2.98. The van der Waals surface area contributed by atoms with Gasteiger partial charge < -0.3 is 20.3 Å². The standard InChI is InChI=1S/C20H19NO6/c21-17(9-10-18(22)23)19(24)27-20(25)26-11-16-14-7-3-1-5-12(14)13-6-2-4-8-15(13)16/h1-8,16-17H,9-11,21H2,(H,22,23). The number of aliphatic carboxylic acids is 1. The fourth-order valence-electron chi connectivity index (χ4n) is 3.17. The van der Waals surface area contributed by atoms with Gasteiger partial charge in [-0.05, 0) is 28.7 Å². The third-order valence-electron chi connectivity index (χ3n) is 4.49. The van der Waals surface area contributed by atoms with Crippen LogP contribution in [0, 0.1) is 0 Å². The van der Waals surface area contributed by atoms with Crippen molar-refractivity contribution in [3.63, 3.8) is 0 Å². The molecule has 0 heterocycles. The molecule has 7 nitrogen and oxygen atoms in total. The number of fused-ring (bicyclic) bond motifs is 3. The number of carboxylic acid groups (broad SMARTS) is 1. The first kappa shape index (κ1) is 18.6. The van der Waals surface area contributed by atoms with Crippen LogP contribution in [0.2, 0.25) is 0 Å². The van der Waals surface area contributed by atoms with Gasteiger partial charge in [-0.1, -0.05) is 48.5 Å². The molecule has 0 radical (unpaired) electrons. The molecule has 2 aromatic rings. The number of benzene rings is 2. The molecule has 0 aromatic heterocycles. The summed E-state index contributed by atoms with van der Waals surface area (Å²) in [4.78, 5) is 34.1. The highest BCUT2D eigenvalue weighted by molar-refractivity contribution is 5.86. The number of carbonyl (C=O) groups excluding carboxylic acids is 2. The molecule has 0 spiro atoms. The van der Waals surface area contributed by atoms with E-state index in [-0.39, 0.29) is 25.4 Å². The first-order valence-electron chi connectivity index (χ1n) is 8.51. The van der Waals surface area contributed by atoms with Gasteiger partial charge in [0.1, 0.15) is 12.6 Å². The van der Waals surface area contributed by atoms with Crippen LogP contribution < -0.4 is 5.73 Å². The summed E-state index contributed by atoms with van der Waals surface area (Å²) in [5, 5.41) is 8.59. The Morgan fingerprint density at radius 3 is 2.11 bits per heavy atom. The van der Waals surface area contributed by atoms with Crippen LogP contribution in [0.15, 0.2) is 48.5 Å². The van der Waals surface area contributed by atoms with E-state index >= 15 is 0 Å². The maximum Gasteiger partial charge on any atom is 0.516 e. The smallest absolute Gasteiger partial charge is 0.481 e. The molecule has 0 fully saturated rings. The van der Waals surface area contributed by atoms with E-state index in [2.05, 4.69) is 4.74 Å². The lowest BCUT2D eigenvalue weighted by molar-refractivity contribution is -0.142. The van der Waals surface area contributed by atoms with E-state index in [1.165, 1.54) is 0 Å². The van der Waals surface area contributed by atoms with Crippen LogP contribution in [-0.2, 0) is 19.1 Å². The lowest BCUT2D eigenvalue weighted by Gasteiger charge is -2.14. The van der Waals surface area contributed by atoms with Crippen molar-refractivity contribution in [1.82, 2.24) is 0 Å². The van der Waals surface area contributed by atoms with E-state index in [1.54, 1.807) is 0 Å². The van der Waals surface area contributed by atoms with E-state index in [9.17, 15) is 14.4 Å². The van der Waals surface area contributed by atoms with Gasteiger partial charge in [-0.3, -0.25) is 4.79 Å². The van der Waals surface area contributed by atoms with Gasteiger partial charge in [0.05, 0.1) is 0 Å². The SMILES string of the molecule is NC(CCC(=O)O)C(=O)OC(=O)OCC1c2ccccc2-c2ccccc21. The lowest BCUT2D eigenvalue weighted by atomic mass is 9.98. The van der Waals surface area contributed by atoms with Crippen molar-refractivity contribution < 1.29 is 29.0 Å². The lowest BCUT2D eigenvalue weighted by Crippen LogP contribution is -2.34. The Morgan fingerprint density at radius 1 is 1.00 bits per heavy atom. The summed E-state index contributed by atoms with van der Waals surface area (Å²) in [5.74, 6) is -2.24. The minimum Gasteiger partial charge on any atom is -0.481 e. The van der Waals surface area contributed by atoms with Crippen LogP contribution in [0.4, 0.5) is 4.79 Å². The molecule has 0 amide bonds. The van der Waals surface area contributed by atoms with E-state index < -0.39 is 24.1 Å². The van der Waals surface area contributed by atoms with Crippen LogP contribution in [0.3, 0.4) is 0 Å². The molecule has 2 aromatic carbocycles. The van der Waals surface area contributed by atoms with Crippen molar-refractivity contribution in [2.24, 2.45) is 5.73 Å². The van der Waals surface area contributed by atoms with Gasteiger partial charge in [0.15, 0.2) is 0 Å². The summed E-state index contributed by atoms with van der Waals surface area (Å²) in [7, 11) is 0. The Bertz CT molecular complexity index is 833. The molecule has 3 rings (SSSR count). The second-order valence-corrected chi connectivity index (χ2v) is 6.25. The van der Waals surface area contributed by atoms with Crippen molar-refractivity contribution in [3.05, 3.63) is 59.7 Å². The average molecular weight is 369 g/mol. The summed E-state index contributed by atoms with van der Waals surface area (Å²) in [6, 6.07) is 14.5. The summed E-state index contributed by atoms with van der Waals surface area (Å²) in [6.45, 7) is 0.0184. The van der Waals surface area contributed by atoms with E-state index in [0.717, 1.165) is 22.3 Å². The largest absolute Gasteiger partial charge is 0.516 e. The molecule has 1 unspecified atom stereocenters. The van der Waals surface area contributed by atoms with Crippen LogP contribution >= 0.6 is 0 Å². The Balaban J connectivity index is 1.61. The number of rotatable bonds is 6. The molecule has 3 N–H and O–H groups in total. The van der Waals surface area contributed by atoms with Crippen molar-refractivity contribution in [1.29, 1.82) is 0 Å². The van der Waals surface area contributed by atoms with Gasteiger partial charge in [-0.2, -0.15) is 0 Å². The molecular weight excluding hydrogens is 350 g/mol. The number of ether oxygens (including phenoxy) is 2. The maximum absolute atomic E-state index is 11.8. The molecule has 0 aliphatic heterocycles.